The van der Waals surface area contributed by atoms with E-state index in [9.17, 15) is 4.79 Å². The van der Waals surface area contributed by atoms with Crippen LogP contribution in [0.3, 0.4) is 0 Å². The van der Waals surface area contributed by atoms with E-state index in [1.54, 1.807) is 12.1 Å². The standard InChI is InChI=1S/C17H15ClN2O2/c1-2-3-16(21)19-13-8-9-15-14(10-13)20-17(22-15)11-4-6-12(18)7-5-11/h4-10H,2-3H2,1H3,(H,19,21). The number of aromatic nitrogens is 1. The number of fused-ring (bicyclic) bond motifs is 1. The molecule has 2 aromatic carbocycles. The third-order valence-corrected chi connectivity index (χ3v) is 3.49. The van der Waals surface area contributed by atoms with Crippen LogP contribution in [0.4, 0.5) is 5.69 Å². The number of nitrogens with one attached hydrogen (secondary N) is 1. The SMILES string of the molecule is CCCC(=O)Nc1ccc2oc(-c3ccc(Cl)cc3)nc2c1. The summed E-state index contributed by atoms with van der Waals surface area (Å²) in [5.41, 5.74) is 2.97. The number of carbonyl (C=O) groups is 1. The van der Waals surface area contributed by atoms with Gasteiger partial charge in [-0.1, -0.05) is 18.5 Å². The summed E-state index contributed by atoms with van der Waals surface area (Å²) >= 11 is 5.88. The number of anilines is 1. The minimum absolute atomic E-state index is 0.00303. The largest absolute Gasteiger partial charge is 0.436 e. The minimum Gasteiger partial charge on any atom is -0.436 e. The molecule has 22 heavy (non-hydrogen) atoms. The molecule has 0 bridgehead atoms. The number of carbonyl (C=O) groups excluding carboxylic acids is 1. The highest BCUT2D eigenvalue weighted by atomic mass is 35.5. The molecule has 0 aliphatic carbocycles. The maximum Gasteiger partial charge on any atom is 0.227 e. The van der Waals surface area contributed by atoms with Crippen molar-refractivity contribution >= 4 is 34.3 Å². The highest BCUT2D eigenvalue weighted by Gasteiger charge is 2.09. The van der Waals surface area contributed by atoms with Crippen LogP contribution in [0.1, 0.15) is 19.8 Å². The molecule has 5 heteroatoms. The summed E-state index contributed by atoms with van der Waals surface area (Å²) in [6.07, 6.45) is 1.33. The summed E-state index contributed by atoms with van der Waals surface area (Å²) in [6.45, 7) is 1.97. The Morgan fingerprint density at radius 3 is 2.73 bits per heavy atom. The fourth-order valence-corrected chi connectivity index (χ4v) is 2.30. The third-order valence-electron chi connectivity index (χ3n) is 3.24. The molecule has 0 radical (unpaired) electrons. The van der Waals surface area contributed by atoms with E-state index in [1.165, 1.54) is 0 Å². The van der Waals surface area contributed by atoms with Crippen LogP contribution in [-0.2, 0) is 4.79 Å². The Morgan fingerprint density at radius 2 is 2.00 bits per heavy atom. The summed E-state index contributed by atoms with van der Waals surface area (Å²) in [5.74, 6) is 0.534. The summed E-state index contributed by atoms with van der Waals surface area (Å²) in [6, 6.07) is 12.7. The van der Waals surface area contributed by atoms with Gasteiger partial charge in [0.15, 0.2) is 5.58 Å². The Hall–Kier alpha value is -2.33. The molecule has 3 rings (SSSR count). The van der Waals surface area contributed by atoms with Gasteiger partial charge in [-0.25, -0.2) is 4.98 Å². The summed E-state index contributed by atoms with van der Waals surface area (Å²) < 4.78 is 5.73. The first-order chi connectivity index (χ1) is 10.7. The molecule has 0 fully saturated rings. The van der Waals surface area contributed by atoms with E-state index >= 15 is 0 Å². The normalized spacial score (nSPS) is 10.8. The maximum absolute atomic E-state index is 11.6. The van der Waals surface area contributed by atoms with Crippen LogP contribution >= 0.6 is 11.6 Å². The molecule has 0 saturated heterocycles. The molecule has 0 aliphatic heterocycles. The predicted molar refractivity (Wildman–Crippen MR) is 88.0 cm³/mol. The van der Waals surface area contributed by atoms with Gasteiger partial charge < -0.3 is 9.73 Å². The quantitative estimate of drug-likeness (QED) is 0.746. The van der Waals surface area contributed by atoms with Gasteiger partial charge in [-0.3, -0.25) is 4.79 Å². The zero-order valence-corrected chi connectivity index (χ0v) is 12.9. The molecular formula is C17H15ClN2O2. The van der Waals surface area contributed by atoms with Crippen molar-refractivity contribution in [1.29, 1.82) is 0 Å². The molecule has 3 aromatic rings. The smallest absolute Gasteiger partial charge is 0.227 e. The second-order valence-corrected chi connectivity index (χ2v) is 5.44. The maximum atomic E-state index is 11.6. The van der Waals surface area contributed by atoms with E-state index in [4.69, 9.17) is 16.0 Å². The fraction of sp³-hybridized carbons (Fsp3) is 0.176. The lowest BCUT2D eigenvalue weighted by Crippen LogP contribution is -2.10. The number of nitrogens with zero attached hydrogens (tertiary/aromatic N) is 1. The molecule has 1 N–H and O–H groups in total. The highest BCUT2D eigenvalue weighted by molar-refractivity contribution is 6.30. The van der Waals surface area contributed by atoms with E-state index in [0.29, 0.717) is 28.4 Å². The first-order valence-electron chi connectivity index (χ1n) is 7.12. The Morgan fingerprint density at radius 1 is 1.23 bits per heavy atom. The van der Waals surface area contributed by atoms with Crippen molar-refractivity contribution in [2.24, 2.45) is 0 Å². The van der Waals surface area contributed by atoms with Crippen LogP contribution in [0.5, 0.6) is 0 Å². The molecule has 112 valence electrons. The third kappa shape index (κ3) is 3.12. The van der Waals surface area contributed by atoms with Crippen molar-refractivity contribution in [3.63, 3.8) is 0 Å². The second-order valence-electron chi connectivity index (χ2n) is 5.01. The van der Waals surface area contributed by atoms with Crippen molar-refractivity contribution in [3.8, 4) is 11.5 Å². The van der Waals surface area contributed by atoms with Gasteiger partial charge in [-0.2, -0.15) is 0 Å². The van der Waals surface area contributed by atoms with Crippen molar-refractivity contribution in [1.82, 2.24) is 4.98 Å². The van der Waals surface area contributed by atoms with Gasteiger partial charge in [0, 0.05) is 22.7 Å². The first-order valence-corrected chi connectivity index (χ1v) is 7.50. The van der Waals surface area contributed by atoms with Crippen molar-refractivity contribution in [2.45, 2.75) is 19.8 Å². The molecule has 0 aliphatic rings. The topological polar surface area (TPSA) is 55.1 Å². The van der Waals surface area contributed by atoms with E-state index < -0.39 is 0 Å². The molecule has 4 nitrogen and oxygen atoms in total. The summed E-state index contributed by atoms with van der Waals surface area (Å²) in [7, 11) is 0. The van der Waals surface area contributed by atoms with Gasteiger partial charge in [0.2, 0.25) is 11.8 Å². The van der Waals surface area contributed by atoms with E-state index in [-0.39, 0.29) is 5.91 Å². The van der Waals surface area contributed by atoms with Gasteiger partial charge in [0.1, 0.15) is 5.52 Å². The van der Waals surface area contributed by atoms with E-state index in [0.717, 1.165) is 17.7 Å². The monoisotopic (exact) mass is 314 g/mol. The number of hydrogen-bond acceptors (Lipinski definition) is 3. The highest BCUT2D eigenvalue weighted by Crippen LogP contribution is 2.27. The summed E-state index contributed by atoms with van der Waals surface area (Å²) in [4.78, 5) is 16.1. The number of oxazole rings is 1. The van der Waals surface area contributed by atoms with Crippen LogP contribution in [0.2, 0.25) is 5.02 Å². The van der Waals surface area contributed by atoms with E-state index in [2.05, 4.69) is 10.3 Å². The molecule has 0 atom stereocenters. The molecule has 1 heterocycles. The molecular weight excluding hydrogens is 300 g/mol. The van der Waals surface area contributed by atoms with Gasteiger partial charge in [0.25, 0.3) is 0 Å². The number of benzene rings is 2. The number of rotatable bonds is 4. The molecule has 1 aromatic heterocycles. The van der Waals surface area contributed by atoms with Crippen LogP contribution < -0.4 is 5.32 Å². The average Bonchev–Trinajstić information content (AvgIpc) is 2.91. The average molecular weight is 315 g/mol. The van der Waals surface area contributed by atoms with Gasteiger partial charge in [0.05, 0.1) is 0 Å². The number of halogens is 1. The Bertz CT molecular complexity index is 809. The van der Waals surface area contributed by atoms with Gasteiger partial charge >= 0.3 is 0 Å². The second kappa shape index (κ2) is 6.20. The lowest BCUT2D eigenvalue weighted by Gasteiger charge is -2.02. The predicted octanol–water partition coefficient (Wildman–Crippen LogP) is 4.89. The van der Waals surface area contributed by atoms with Crippen LogP contribution in [0.25, 0.3) is 22.6 Å². The Balaban J connectivity index is 1.90. The lowest BCUT2D eigenvalue weighted by atomic mass is 10.2. The minimum atomic E-state index is 0.00303. The Kier molecular flexibility index (Phi) is 4.11. The first kappa shape index (κ1) is 14.6. The van der Waals surface area contributed by atoms with E-state index in [1.807, 2.05) is 37.3 Å². The number of amides is 1. The zero-order chi connectivity index (χ0) is 15.5. The van der Waals surface area contributed by atoms with Crippen molar-refractivity contribution in [2.75, 3.05) is 5.32 Å². The van der Waals surface area contributed by atoms with Crippen molar-refractivity contribution in [3.05, 3.63) is 47.5 Å². The van der Waals surface area contributed by atoms with Gasteiger partial charge in [-0.15, -0.1) is 0 Å². The van der Waals surface area contributed by atoms with Gasteiger partial charge in [-0.05, 0) is 48.9 Å². The van der Waals surface area contributed by atoms with Crippen LogP contribution in [0.15, 0.2) is 46.9 Å². The molecule has 0 spiro atoms. The Labute approximate surface area is 133 Å². The number of hydrogen-bond donors (Lipinski definition) is 1. The summed E-state index contributed by atoms with van der Waals surface area (Å²) in [5, 5.41) is 3.52. The molecule has 1 amide bonds. The van der Waals surface area contributed by atoms with Crippen LogP contribution in [0, 0.1) is 0 Å². The zero-order valence-electron chi connectivity index (χ0n) is 12.1. The van der Waals surface area contributed by atoms with Crippen molar-refractivity contribution < 1.29 is 9.21 Å². The fourth-order valence-electron chi connectivity index (χ4n) is 2.17. The lowest BCUT2D eigenvalue weighted by molar-refractivity contribution is -0.116. The van der Waals surface area contributed by atoms with Crippen LogP contribution in [-0.4, -0.2) is 10.9 Å². The molecule has 0 saturated carbocycles. The molecule has 0 unspecified atom stereocenters.